The lowest BCUT2D eigenvalue weighted by atomic mass is 9.93. The molecule has 0 aliphatic heterocycles. The Balaban J connectivity index is 2.03. The zero-order valence-corrected chi connectivity index (χ0v) is 15.8. The van der Waals surface area contributed by atoms with E-state index in [0.29, 0.717) is 11.5 Å². The first-order valence-corrected chi connectivity index (χ1v) is 9.26. The topological polar surface area (TPSA) is 93.3 Å². The number of hydrogen-bond donors (Lipinski definition) is 1. The molecule has 8 nitrogen and oxygen atoms in total. The second-order valence-electron chi connectivity index (χ2n) is 7.02. The predicted molar refractivity (Wildman–Crippen MR) is 92.2 cm³/mol. The van der Waals surface area contributed by atoms with Gasteiger partial charge in [-0.1, -0.05) is 25.9 Å². The second kappa shape index (κ2) is 6.56. The summed E-state index contributed by atoms with van der Waals surface area (Å²) in [6.45, 7) is 6.11. The smallest absolute Gasteiger partial charge is 0.217 e. The number of anilines is 1. The van der Waals surface area contributed by atoms with Gasteiger partial charge in [0.25, 0.3) is 0 Å². The summed E-state index contributed by atoms with van der Waals surface area (Å²) in [5.74, 6) is 1.20. The van der Waals surface area contributed by atoms with Crippen molar-refractivity contribution in [2.45, 2.75) is 38.5 Å². The Morgan fingerprint density at radius 1 is 1.33 bits per heavy atom. The number of imidazole rings is 1. The molecule has 2 aromatic rings. The second-order valence-corrected chi connectivity index (χ2v) is 8.82. The fourth-order valence-corrected chi connectivity index (χ4v) is 3.17. The van der Waals surface area contributed by atoms with E-state index in [1.54, 1.807) is 12.3 Å². The van der Waals surface area contributed by atoms with Crippen LogP contribution in [0.25, 0.3) is 0 Å². The van der Waals surface area contributed by atoms with Crippen LogP contribution >= 0.6 is 0 Å². The number of nitrogens with one attached hydrogen (secondary N) is 1. The van der Waals surface area contributed by atoms with Gasteiger partial charge in [-0.25, -0.2) is 18.1 Å². The number of nitrogens with zero attached hydrogens (tertiary/aromatic N) is 4. The maximum Gasteiger partial charge on any atom is 0.217 e. The van der Waals surface area contributed by atoms with Gasteiger partial charge in [0.2, 0.25) is 16.0 Å². The Hall–Kier alpha value is -1.87. The lowest BCUT2D eigenvalue weighted by Gasteiger charge is -2.13. The van der Waals surface area contributed by atoms with E-state index in [4.69, 9.17) is 4.52 Å². The Kier molecular flexibility index (Phi) is 5.05. The summed E-state index contributed by atoms with van der Waals surface area (Å²) in [5.41, 5.74) is 0.962. The molecule has 134 valence electrons. The Bertz CT molecular complexity index is 799. The van der Waals surface area contributed by atoms with Gasteiger partial charge in [-0.2, -0.15) is 0 Å². The summed E-state index contributed by atoms with van der Waals surface area (Å²) in [6, 6.07) is 1.69. The molecule has 2 aromatic heterocycles. The molecular formula is C15H25N5O3S. The van der Waals surface area contributed by atoms with Gasteiger partial charge in [-0.15, -0.1) is 0 Å². The first-order valence-electron chi connectivity index (χ1n) is 7.61. The van der Waals surface area contributed by atoms with Crippen molar-refractivity contribution in [1.82, 2.24) is 19.4 Å². The van der Waals surface area contributed by atoms with Crippen molar-refractivity contribution in [3.8, 4) is 0 Å². The van der Waals surface area contributed by atoms with Crippen LogP contribution in [0.4, 0.5) is 5.95 Å². The average molecular weight is 355 g/mol. The van der Waals surface area contributed by atoms with Crippen molar-refractivity contribution in [3.63, 3.8) is 0 Å². The van der Waals surface area contributed by atoms with Crippen LogP contribution in [-0.2, 0) is 34.8 Å². The fourth-order valence-electron chi connectivity index (χ4n) is 2.18. The van der Waals surface area contributed by atoms with Crippen molar-refractivity contribution in [3.05, 3.63) is 29.4 Å². The summed E-state index contributed by atoms with van der Waals surface area (Å²) in [6.07, 6.45) is 1.66. The number of aromatic nitrogens is 3. The Morgan fingerprint density at radius 3 is 2.50 bits per heavy atom. The monoisotopic (exact) mass is 355 g/mol. The van der Waals surface area contributed by atoms with Crippen molar-refractivity contribution < 1.29 is 12.9 Å². The number of sulfonamides is 1. The molecule has 2 rings (SSSR count). The average Bonchev–Trinajstić information content (AvgIpc) is 3.02. The first-order chi connectivity index (χ1) is 11.0. The van der Waals surface area contributed by atoms with E-state index in [9.17, 15) is 8.42 Å². The van der Waals surface area contributed by atoms with Crippen molar-refractivity contribution in [2.75, 3.05) is 19.0 Å². The van der Waals surface area contributed by atoms with Crippen LogP contribution in [0.1, 0.15) is 37.9 Å². The molecule has 0 amide bonds. The summed E-state index contributed by atoms with van der Waals surface area (Å²) in [7, 11) is 2.09. The molecule has 0 aliphatic carbocycles. The quantitative estimate of drug-likeness (QED) is 0.842. The van der Waals surface area contributed by atoms with Crippen molar-refractivity contribution in [2.24, 2.45) is 7.05 Å². The minimum atomic E-state index is -3.52. The third-order valence-electron chi connectivity index (χ3n) is 3.57. The molecule has 0 aliphatic rings. The largest absolute Gasteiger partial charge is 0.361 e. The zero-order chi connectivity index (χ0) is 18.1. The van der Waals surface area contributed by atoms with E-state index < -0.39 is 10.0 Å². The van der Waals surface area contributed by atoms with E-state index in [1.165, 1.54) is 0 Å². The van der Waals surface area contributed by atoms with Gasteiger partial charge in [-0.05, 0) is 0 Å². The lowest BCUT2D eigenvalue weighted by Crippen LogP contribution is -2.26. The first kappa shape index (κ1) is 18.5. The third-order valence-corrected chi connectivity index (χ3v) is 4.83. The van der Waals surface area contributed by atoms with Crippen LogP contribution in [0, 0.1) is 0 Å². The van der Waals surface area contributed by atoms with E-state index in [1.807, 2.05) is 51.4 Å². The van der Waals surface area contributed by atoms with Gasteiger partial charge in [0.1, 0.15) is 17.2 Å². The van der Waals surface area contributed by atoms with E-state index in [-0.39, 0.29) is 17.7 Å². The van der Waals surface area contributed by atoms with E-state index in [0.717, 1.165) is 11.6 Å². The molecule has 2 heterocycles. The highest BCUT2D eigenvalue weighted by Crippen LogP contribution is 2.23. The lowest BCUT2D eigenvalue weighted by molar-refractivity contribution is 0.326. The molecule has 1 N–H and O–H groups in total. The Labute approximate surface area is 142 Å². The third kappa shape index (κ3) is 4.35. The minimum absolute atomic E-state index is 0.170. The highest BCUT2D eigenvalue weighted by atomic mass is 32.2. The van der Waals surface area contributed by atoms with Crippen molar-refractivity contribution in [1.29, 1.82) is 0 Å². The van der Waals surface area contributed by atoms with Crippen LogP contribution in [0.15, 0.2) is 16.8 Å². The molecule has 0 radical (unpaired) electrons. The summed E-state index contributed by atoms with van der Waals surface area (Å²) in [5, 5.41) is 3.85. The van der Waals surface area contributed by atoms with E-state index in [2.05, 4.69) is 14.9 Å². The SMILES string of the molecule is CN(C)c1ncc(CNS(=O)(=O)Cc2cc(C(C)(C)C)on2)n1C. The van der Waals surface area contributed by atoms with Crippen LogP contribution < -0.4 is 9.62 Å². The molecule has 0 fully saturated rings. The molecule has 9 heteroatoms. The highest BCUT2D eigenvalue weighted by molar-refractivity contribution is 7.88. The molecule has 0 bridgehead atoms. The van der Waals surface area contributed by atoms with Crippen molar-refractivity contribution >= 4 is 16.0 Å². The molecule has 0 spiro atoms. The highest BCUT2D eigenvalue weighted by Gasteiger charge is 2.22. The Morgan fingerprint density at radius 2 is 2.00 bits per heavy atom. The normalized spacial score (nSPS) is 12.6. The summed E-state index contributed by atoms with van der Waals surface area (Å²) in [4.78, 5) is 6.12. The van der Waals surface area contributed by atoms with Crippen LogP contribution in [0.3, 0.4) is 0 Å². The molecule has 0 atom stereocenters. The van der Waals surface area contributed by atoms with E-state index >= 15 is 0 Å². The fraction of sp³-hybridized carbons (Fsp3) is 0.600. The summed E-state index contributed by atoms with van der Waals surface area (Å²) >= 11 is 0. The zero-order valence-electron chi connectivity index (χ0n) is 15.0. The van der Waals surface area contributed by atoms with Crippen LogP contribution in [-0.4, -0.2) is 37.2 Å². The number of hydrogen-bond acceptors (Lipinski definition) is 6. The van der Waals surface area contributed by atoms with Crippen LogP contribution in [0.2, 0.25) is 0 Å². The molecule has 0 aromatic carbocycles. The maximum absolute atomic E-state index is 12.3. The van der Waals surface area contributed by atoms with Gasteiger partial charge in [-0.3, -0.25) is 0 Å². The van der Waals surface area contributed by atoms with Gasteiger partial charge < -0.3 is 14.0 Å². The predicted octanol–water partition coefficient (Wildman–Crippen LogP) is 1.39. The molecule has 24 heavy (non-hydrogen) atoms. The molecule has 0 saturated carbocycles. The molecule has 0 unspecified atom stereocenters. The molecular weight excluding hydrogens is 330 g/mol. The standard InChI is InChI=1S/C15H25N5O3S/c1-15(2,3)13-7-11(18-23-13)10-24(21,22)17-9-12-8-16-14(19(4)5)20(12)6/h7-8,17H,9-10H2,1-6H3. The summed E-state index contributed by atoms with van der Waals surface area (Å²) < 4.78 is 34.1. The van der Waals surface area contributed by atoms with Gasteiger partial charge in [0.15, 0.2) is 0 Å². The molecule has 0 saturated heterocycles. The van der Waals surface area contributed by atoms with Gasteiger partial charge >= 0.3 is 0 Å². The maximum atomic E-state index is 12.3. The minimum Gasteiger partial charge on any atom is -0.361 e. The van der Waals surface area contributed by atoms with Gasteiger partial charge in [0.05, 0.1) is 18.4 Å². The van der Waals surface area contributed by atoms with Crippen LogP contribution in [0.5, 0.6) is 0 Å². The van der Waals surface area contributed by atoms with Gasteiger partial charge in [0, 0.05) is 32.6 Å². The number of rotatable bonds is 6.